The van der Waals surface area contributed by atoms with Crippen molar-refractivity contribution in [3.05, 3.63) is 58.6 Å². The average molecular weight is 279 g/mol. The summed E-state index contributed by atoms with van der Waals surface area (Å²) in [6.07, 6.45) is 7.03. The summed E-state index contributed by atoms with van der Waals surface area (Å²) in [5, 5.41) is 0. The van der Waals surface area contributed by atoms with Gasteiger partial charge < -0.3 is 0 Å². The van der Waals surface area contributed by atoms with Crippen molar-refractivity contribution in [3.8, 4) is 0 Å². The molecule has 1 atom stereocenters. The van der Waals surface area contributed by atoms with Gasteiger partial charge >= 0.3 is 0 Å². The van der Waals surface area contributed by atoms with Crippen molar-refractivity contribution in [2.24, 2.45) is 5.84 Å². The fourth-order valence-corrected chi connectivity index (χ4v) is 1.90. The fourth-order valence-electron chi connectivity index (χ4n) is 1.52. The number of pyridine rings is 2. The number of halogens is 1. The topological polar surface area (TPSA) is 63.8 Å². The van der Waals surface area contributed by atoms with Crippen LogP contribution < -0.4 is 11.3 Å². The summed E-state index contributed by atoms with van der Waals surface area (Å²) < 4.78 is 0.925. The lowest BCUT2D eigenvalue weighted by Crippen LogP contribution is -2.29. The molecule has 4 nitrogen and oxygen atoms in total. The third-order valence-corrected chi connectivity index (χ3v) is 2.68. The van der Waals surface area contributed by atoms with Crippen LogP contribution in [0, 0.1) is 0 Å². The maximum Gasteiger partial charge on any atom is 0.0740 e. The van der Waals surface area contributed by atoms with E-state index in [2.05, 4.69) is 31.3 Å². The summed E-state index contributed by atoms with van der Waals surface area (Å²) in [6.45, 7) is 0. The Morgan fingerprint density at radius 2 is 2.00 bits per heavy atom. The van der Waals surface area contributed by atoms with Crippen LogP contribution >= 0.6 is 15.9 Å². The van der Waals surface area contributed by atoms with Crippen LogP contribution in [-0.2, 0) is 0 Å². The number of hydrogen-bond donors (Lipinski definition) is 2. The molecular weight excluding hydrogens is 268 g/mol. The third-order valence-electron chi connectivity index (χ3n) is 2.24. The van der Waals surface area contributed by atoms with Gasteiger partial charge in [-0.05, 0) is 39.2 Å². The third kappa shape index (κ3) is 2.44. The monoisotopic (exact) mass is 278 g/mol. The number of rotatable bonds is 3. The van der Waals surface area contributed by atoms with Crippen LogP contribution in [0.3, 0.4) is 0 Å². The summed E-state index contributed by atoms with van der Waals surface area (Å²) in [6, 6.07) is 5.73. The van der Waals surface area contributed by atoms with E-state index in [1.165, 1.54) is 0 Å². The van der Waals surface area contributed by atoms with Crippen LogP contribution in [0.15, 0.2) is 47.5 Å². The first-order valence-electron chi connectivity index (χ1n) is 4.78. The molecule has 5 heteroatoms. The highest BCUT2D eigenvalue weighted by Crippen LogP contribution is 2.21. The van der Waals surface area contributed by atoms with Gasteiger partial charge in [0.05, 0.1) is 6.04 Å². The molecule has 0 aliphatic rings. The first-order chi connectivity index (χ1) is 7.81. The van der Waals surface area contributed by atoms with Crippen molar-refractivity contribution in [3.63, 3.8) is 0 Å². The molecule has 0 aromatic carbocycles. The van der Waals surface area contributed by atoms with Crippen LogP contribution in [0.4, 0.5) is 0 Å². The Bertz CT molecular complexity index is 461. The zero-order chi connectivity index (χ0) is 11.4. The van der Waals surface area contributed by atoms with Crippen LogP contribution in [0.25, 0.3) is 0 Å². The Labute approximate surface area is 102 Å². The second-order valence-electron chi connectivity index (χ2n) is 3.32. The summed E-state index contributed by atoms with van der Waals surface area (Å²) in [5.74, 6) is 5.57. The predicted octanol–water partition coefficient (Wildman–Crippen LogP) is 1.79. The van der Waals surface area contributed by atoms with Gasteiger partial charge in [0, 0.05) is 29.3 Å². The molecule has 2 heterocycles. The molecule has 0 aliphatic heterocycles. The standard InChI is InChI=1S/C11H11BrN4/c12-10-4-9(6-15-7-10)11(16-13)8-2-1-3-14-5-8/h1-7,11,16H,13H2. The molecule has 0 radical (unpaired) electrons. The van der Waals surface area contributed by atoms with Gasteiger partial charge in [0.25, 0.3) is 0 Å². The van der Waals surface area contributed by atoms with Gasteiger partial charge in [0.2, 0.25) is 0 Å². The second-order valence-corrected chi connectivity index (χ2v) is 4.24. The molecule has 0 spiro atoms. The number of hydrogen-bond acceptors (Lipinski definition) is 4. The van der Waals surface area contributed by atoms with Gasteiger partial charge in [-0.15, -0.1) is 0 Å². The molecule has 0 fully saturated rings. The normalized spacial score (nSPS) is 12.4. The van der Waals surface area contributed by atoms with E-state index in [1.807, 2.05) is 18.2 Å². The number of nitrogens with zero attached hydrogens (tertiary/aromatic N) is 2. The van der Waals surface area contributed by atoms with Crippen molar-refractivity contribution in [2.75, 3.05) is 0 Å². The Hall–Kier alpha value is -1.30. The van der Waals surface area contributed by atoms with Crippen molar-refractivity contribution in [1.82, 2.24) is 15.4 Å². The van der Waals surface area contributed by atoms with Gasteiger partial charge in [0.1, 0.15) is 0 Å². The first-order valence-corrected chi connectivity index (χ1v) is 5.57. The average Bonchev–Trinajstić information content (AvgIpc) is 2.31. The number of nitrogens with two attached hydrogens (primary N) is 1. The van der Waals surface area contributed by atoms with Crippen molar-refractivity contribution in [2.45, 2.75) is 6.04 Å². The largest absolute Gasteiger partial charge is 0.271 e. The van der Waals surface area contributed by atoms with Crippen LogP contribution in [-0.4, -0.2) is 9.97 Å². The molecule has 2 aromatic heterocycles. The minimum atomic E-state index is -0.0984. The highest BCUT2D eigenvalue weighted by molar-refractivity contribution is 9.10. The summed E-state index contributed by atoms with van der Waals surface area (Å²) >= 11 is 3.39. The van der Waals surface area contributed by atoms with Gasteiger partial charge in [-0.1, -0.05) is 6.07 Å². The van der Waals surface area contributed by atoms with E-state index in [4.69, 9.17) is 5.84 Å². The van der Waals surface area contributed by atoms with E-state index in [0.29, 0.717) is 0 Å². The van der Waals surface area contributed by atoms with E-state index < -0.39 is 0 Å². The van der Waals surface area contributed by atoms with E-state index >= 15 is 0 Å². The van der Waals surface area contributed by atoms with E-state index in [1.54, 1.807) is 24.8 Å². The lowest BCUT2D eigenvalue weighted by Gasteiger charge is -2.15. The van der Waals surface area contributed by atoms with Gasteiger partial charge in [-0.2, -0.15) is 0 Å². The quantitative estimate of drug-likeness (QED) is 0.664. The van der Waals surface area contributed by atoms with Crippen LogP contribution in [0.1, 0.15) is 17.2 Å². The molecule has 2 rings (SSSR count). The van der Waals surface area contributed by atoms with Crippen LogP contribution in [0.2, 0.25) is 0 Å². The van der Waals surface area contributed by atoms with E-state index in [0.717, 1.165) is 15.6 Å². The van der Waals surface area contributed by atoms with Crippen molar-refractivity contribution in [1.29, 1.82) is 0 Å². The molecule has 82 valence electrons. The van der Waals surface area contributed by atoms with Crippen LogP contribution in [0.5, 0.6) is 0 Å². The highest BCUT2D eigenvalue weighted by Gasteiger charge is 2.12. The first kappa shape index (κ1) is 11.2. The number of hydrazine groups is 1. The minimum absolute atomic E-state index is 0.0984. The smallest absolute Gasteiger partial charge is 0.0740 e. The Balaban J connectivity index is 2.37. The Morgan fingerprint density at radius 1 is 1.19 bits per heavy atom. The molecule has 0 amide bonds. The fraction of sp³-hybridized carbons (Fsp3) is 0.0909. The molecular formula is C11H11BrN4. The summed E-state index contributed by atoms with van der Waals surface area (Å²) in [7, 11) is 0. The summed E-state index contributed by atoms with van der Waals surface area (Å²) in [4.78, 5) is 8.19. The molecule has 3 N–H and O–H groups in total. The predicted molar refractivity (Wildman–Crippen MR) is 65.3 cm³/mol. The Morgan fingerprint density at radius 3 is 2.62 bits per heavy atom. The van der Waals surface area contributed by atoms with E-state index in [-0.39, 0.29) is 6.04 Å². The van der Waals surface area contributed by atoms with Crippen molar-refractivity contribution < 1.29 is 0 Å². The van der Waals surface area contributed by atoms with E-state index in [9.17, 15) is 0 Å². The van der Waals surface area contributed by atoms with Gasteiger partial charge in [-0.3, -0.25) is 15.8 Å². The number of aromatic nitrogens is 2. The molecule has 0 bridgehead atoms. The molecule has 16 heavy (non-hydrogen) atoms. The second kappa shape index (κ2) is 5.16. The maximum absolute atomic E-state index is 5.57. The molecule has 2 aromatic rings. The maximum atomic E-state index is 5.57. The van der Waals surface area contributed by atoms with Crippen molar-refractivity contribution >= 4 is 15.9 Å². The summed E-state index contributed by atoms with van der Waals surface area (Å²) in [5.41, 5.74) is 4.76. The molecule has 1 unspecified atom stereocenters. The minimum Gasteiger partial charge on any atom is -0.271 e. The zero-order valence-electron chi connectivity index (χ0n) is 8.47. The Kier molecular flexibility index (Phi) is 3.61. The lowest BCUT2D eigenvalue weighted by atomic mass is 10.0. The lowest BCUT2D eigenvalue weighted by molar-refractivity contribution is 0.632. The number of nitrogens with one attached hydrogen (secondary N) is 1. The highest BCUT2D eigenvalue weighted by atomic mass is 79.9. The zero-order valence-corrected chi connectivity index (χ0v) is 10.1. The molecule has 0 saturated carbocycles. The molecule has 0 aliphatic carbocycles. The molecule has 0 saturated heterocycles. The van der Waals surface area contributed by atoms with Gasteiger partial charge in [0.15, 0.2) is 0 Å². The van der Waals surface area contributed by atoms with Gasteiger partial charge in [-0.25, -0.2) is 5.43 Å². The SMILES string of the molecule is NNC(c1cccnc1)c1cncc(Br)c1.